The van der Waals surface area contributed by atoms with Crippen LogP contribution in [0.2, 0.25) is 0 Å². The van der Waals surface area contributed by atoms with Gasteiger partial charge in [0.05, 0.1) is 18.4 Å². The standard InChI is InChI=1S/C29H34FN5O4/c1-38-18-6-13-31-28(36)24-20-23(33-29(37)32-22-8-5-7-21(30)19-22)11-12-25(24)34-14-16-35(17-15-34)26-9-3-4-10-27(26)39-2/h3-5,7-12,19-20H,6,13-18H2,1-2H3,(H,31,36)(H2,32,33,37). The molecular weight excluding hydrogens is 501 g/mol. The zero-order chi connectivity index (χ0) is 27.6. The van der Waals surface area contributed by atoms with Gasteiger partial charge in [-0.25, -0.2) is 9.18 Å². The number of rotatable bonds is 10. The molecule has 0 saturated carbocycles. The summed E-state index contributed by atoms with van der Waals surface area (Å²) in [4.78, 5) is 30.2. The molecular formula is C29H34FN5O4. The summed E-state index contributed by atoms with van der Waals surface area (Å²) in [5.74, 6) is 0.145. The summed E-state index contributed by atoms with van der Waals surface area (Å²) < 4.78 is 24.1. The summed E-state index contributed by atoms with van der Waals surface area (Å²) >= 11 is 0. The number of hydrogen-bond acceptors (Lipinski definition) is 6. The number of carbonyl (C=O) groups is 2. The zero-order valence-electron chi connectivity index (χ0n) is 22.2. The molecule has 9 nitrogen and oxygen atoms in total. The highest BCUT2D eigenvalue weighted by atomic mass is 19.1. The van der Waals surface area contributed by atoms with E-state index in [1.54, 1.807) is 32.4 Å². The quantitative estimate of drug-likeness (QED) is 0.329. The van der Waals surface area contributed by atoms with Crippen LogP contribution in [0.3, 0.4) is 0 Å². The summed E-state index contributed by atoms with van der Waals surface area (Å²) in [6.07, 6.45) is 0.684. The van der Waals surface area contributed by atoms with Gasteiger partial charge in [0.25, 0.3) is 5.91 Å². The van der Waals surface area contributed by atoms with E-state index in [1.807, 2.05) is 30.3 Å². The Bertz CT molecular complexity index is 1280. The predicted octanol–water partition coefficient (Wildman–Crippen LogP) is 4.57. The van der Waals surface area contributed by atoms with Crippen molar-refractivity contribution in [2.24, 2.45) is 0 Å². The van der Waals surface area contributed by atoms with Crippen LogP contribution in [0, 0.1) is 5.82 Å². The molecule has 0 radical (unpaired) electrons. The SMILES string of the molecule is COCCCNC(=O)c1cc(NC(=O)Nc2cccc(F)c2)ccc1N1CCN(c2ccccc2OC)CC1. The third-order valence-corrected chi connectivity index (χ3v) is 6.44. The summed E-state index contributed by atoms with van der Waals surface area (Å²) in [6.45, 7) is 3.92. The molecule has 3 N–H and O–H groups in total. The molecule has 0 aliphatic carbocycles. The number of amides is 3. The lowest BCUT2D eigenvalue weighted by molar-refractivity contribution is 0.0949. The Morgan fingerprint density at radius 2 is 1.54 bits per heavy atom. The van der Waals surface area contributed by atoms with Gasteiger partial charge in [-0.15, -0.1) is 0 Å². The van der Waals surface area contributed by atoms with E-state index < -0.39 is 11.8 Å². The lowest BCUT2D eigenvalue weighted by Gasteiger charge is -2.38. The van der Waals surface area contributed by atoms with Crippen LogP contribution in [-0.2, 0) is 4.74 Å². The lowest BCUT2D eigenvalue weighted by Crippen LogP contribution is -2.47. The van der Waals surface area contributed by atoms with Gasteiger partial charge < -0.3 is 35.2 Å². The van der Waals surface area contributed by atoms with Gasteiger partial charge in [-0.1, -0.05) is 18.2 Å². The van der Waals surface area contributed by atoms with Gasteiger partial charge >= 0.3 is 6.03 Å². The number of anilines is 4. The first-order valence-corrected chi connectivity index (χ1v) is 12.9. The van der Waals surface area contributed by atoms with Crippen LogP contribution in [0.25, 0.3) is 0 Å². The van der Waals surface area contributed by atoms with Gasteiger partial charge in [-0.3, -0.25) is 4.79 Å². The molecule has 1 heterocycles. The van der Waals surface area contributed by atoms with Crippen molar-refractivity contribution in [2.75, 3.05) is 74.0 Å². The summed E-state index contributed by atoms with van der Waals surface area (Å²) in [5.41, 5.74) is 3.06. The fraction of sp³-hybridized carbons (Fsp3) is 0.310. The number of nitrogens with zero attached hydrogens (tertiary/aromatic N) is 2. The summed E-state index contributed by atoms with van der Waals surface area (Å²) in [6, 6.07) is 18.3. The molecule has 3 amide bonds. The van der Waals surface area contributed by atoms with Crippen LogP contribution in [0.5, 0.6) is 5.75 Å². The van der Waals surface area contributed by atoms with Crippen molar-refractivity contribution in [1.82, 2.24) is 5.32 Å². The highest BCUT2D eigenvalue weighted by Gasteiger charge is 2.24. The van der Waals surface area contributed by atoms with Gasteiger partial charge in [0.1, 0.15) is 11.6 Å². The van der Waals surface area contributed by atoms with Crippen LogP contribution in [0.4, 0.5) is 31.9 Å². The monoisotopic (exact) mass is 535 g/mol. The second-order valence-corrected chi connectivity index (χ2v) is 9.07. The third kappa shape index (κ3) is 7.38. The van der Waals surface area contributed by atoms with Crippen LogP contribution in [-0.4, -0.2) is 65.5 Å². The molecule has 10 heteroatoms. The summed E-state index contributed by atoms with van der Waals surface area (Å²) in [7, 11) is 3.29. The van der Waals surface area contributed by atoms with Crippen LogP contribution in [0.15, 0.2) is 66.7 Å². The largest absolute Gasteiger partial charge is 0.495 e. The molecule has 0 atom stereocenters. The summed E-state index contributed by atoms with van der Waals surface area (Å²) in [5, 5.41) is 8.29. The van der Waals surface area contributed by atoms with Crippen molar-refractivity contribution >= 4 is 34.7 Å². The Kier molecular flexibility index (Phi) is 9.58. The number of halogens is 1. The molecule has 1 fully saturated rings. The fourth-order valence-corrected chi connectivity index (χ4v) is 4.52. The smallest absolute Gasteiger partial charge is 0.323 e. The van der Waals surface area contributed by atoms with Crippen molar-refractivity contribution in [3.63, 3.8) is 0 Å². The molecule has 3 aromatic carbocycles. The molecule has 39 heavy (non-hydrogen) atoms. The lowest BCUT2D eigenvalue weighted by atomic mass is 10.1. The van der Waals surface area contributed by atoms with Gasteiger partial charge in [-0.05, 0) is 55.0 Å². The van der Waals surface area contributed by atoms with Gasteiger partial charge in [0, 0.05) is 63.5 Å². The van der Waals surface area contributed by atoms with Crippen LogP contribution >= 0.6 is 0 Å². The average molecular weight is 536 g/mol. The predicted molar refractivity (Wildman–Crippen MR) is 152 cm³/mol. The van der Waals surface area contributed by atoms with Crippen molar-refractivity contribution in [3.05, 3.63) is 78.1 Å². The third-order valence-electron chi connectivity index (χ3n) is 6.44. The molecule has 3 aromatic rings. The second kappa shape index (κ2) is 13.5. The molecule has 0 unspecified atom stereocenters. The van der Waals surface area contributed by atoms with E-state index in [0.29, 0.717) is 49.6 Å². The van der Waals surface area contributed by atoms with Gasteiger partial charge in [0.2, 0.25) is 0 Å². The molecule has 1 aliphatic rings. The van der Waals surface area contributed by atoms with Crippen molar-refractivity contribution < 1.29 is 23.5 Å². The Balaban J connectivity index is 1.49. The van der Waals surface area contributed by atoms with Crippen LogP contribution in [0.1, 0.15) is 16.8 Å². The van der Waals surface area contributed by atoms with E-state index in [9.17, 15) is 14.0 Å². The number of carbonyl (C=O) groups excluding carboxylic acids is 2. The molecule has 1 aliphatic heterocycles. The number of hydrogen-bond donors (Lipinski definition) is 3. The highest BCUT2D eigenvalue weighted by Crippen LogP contribution is 2.31. The normalized spacial score (nSPS) is 13.1. The Hall–Kier alpha value is -4.31. The Morgan fingerprint density at radius 3 is 2.23 bits per heavy atom. The molecule has 0 bridgehead atoms. The topological polar surface area (TPSA) is 95.2 Å². The van der Waals surface area contributed by atoms with Crippen molar-refractivity contribution in [2.45, 2.75) is 6.42 Å². The maximum Gasteiger partial charge on any atom is 0.323 e. The minimum atomic E-state index is -0.537. The average Bonchev–Trinajstić information content (AvgIpc) is 2.95. The number of piperazine rings is 1. The zero-order valence-corrected chi connectivity index (χ0v) is 22.2. The second-order valence-electron chi connectivity index (χ2n) is 9.07. The highest BCUT2D eigenvalue weighted by molar-refractivity contribution is 6.04. The molecule has 1 saturated heterocycles. The van der Waals surface area contributed by atoms with E-state index in [-0.39, 0.29) is 5.91 Å². The molecule has 0 aromatic heterocycles. The van der Waals surface area contributed by atoms with E-state index in [1.165, 1.54) is 18.2 Å². The number of para-hydroxylation sites is 2. The molecule has 4 rings (SSSR count). The van der Waals surface area contributed by atoms with Gasteiger partial charge in [-0.2, -0.15) is 0 Å². The van der Waals surface area contributed by atoms with E-state index in [4.69, 9.17) is 9.47 Å². The number of urea groups is 1. The van der Waals surface area contributed by atoms with E-state index in [2.05, 4.69) is 25.8 Å². The molecule has 0 spiro atoms. The first-order valence-electron chi connectivity index (χ1n) is 12.9. The van der Waals surface area contributed by atoms with E-state index >= 15 is 0 Å². The van der Waals surface area contributed by atoms with Gasteiger partial charge in [0.15, 0.2) is 0 Å². The van der Waals surface area contributed by atoms with E-state index in [0.717, 1.165) is 30.2 Å². The number of methoxy groups -OCH3 is 2. The minimum absolute atomic E-state index is 0.234. The minimum Gasteiger partial charge on any atom is -0.495 e. The number of benzene rings is 3. The Morgan fingerprint density at radius 1 is 0.846 bits per heavy atom. The first-order chi connectivity index (χ1) is 19.0. The molecule has 206 valence electrons. The first kappa shape index (κ1) is 27.7. The fourth-order valence-electron chi connectivity index (χ4n) is 4.52. The number of nitrogens with one attached hydrogen (secondary N) is 3. The van der Waals surface area contributed by atoms with Crippen LogP contribution < -0.4 is 30.5 Å². The van der Waals surface area contributed by atoms with Crippen molar-refractivity contribution in [1.29, 1.82) is 0 Å². The maximum atomic E-state index is 13.5. The maximum absolute atomic E-state index is 13.5. The Labute approximate surface area is 227 Å². The van der Waals surface area contributed by atoms with Crippen molar-refractivity contribution in [3.8, 4) is 5.75 Å². The number of ether oxygens (including phenoxy) is 2.